The van der Waals surface area contributed by atoms with Crippen molar-refractivity contribution in [1.82, 2.24) is 0 Å². The van der Waals surface area contributed by atoms with Gasteiger partial charge in [0, 0.05) is 5.92 Å². The molecule has 2 aromatic carbocycles. The van der Waals surface area contributed by atoms with Crippen molar-refractivity contribution in [1.29, 1.82) is 0 Å². The molecule has 0 bridgehead atoms. The molecule has 4 nitrogen and oxygen atoms in total. The highest BCUT2D eigenvalue weighted by Gasteiger charge is 2.47. The molecule has 0 amide bonds. The third-order valence-corrected chi connectivity index (χ3v) is 5.27. The van der Waals surface area contributed by atoms with Gasteiger partial charge in [-0.05, 0) is 36.4 Å². The molecule has 1 fully saturated rings. The summed E-state index contributed by atoms with van der Waals surface area (Å²) in [5, 5.41) is 11.4. The lowest BCUT2D eigenvalue weighted by molar-refractivity contribution is -0.180. The van der Waals surface area contributed by atoms with Crippen LogP contribution in [0.15, 0.2) is 73.3 Å². The van der Waals surface area contributed by atoms with Gasteiger partial charge in [-0.25, -0.2) is 4.79 Å². The number of rotatable bonds is 7. The van der Waals surface area contributed by atoms with Crippen molar-refractivity contribution in [2.75, 3.05) is 6.54 Å². The van der Waals surface area contributed by atoms with E-state index < -0.39 is 11.6 Å². The molecule has 0 saturated heterocycles. The van der Waals surface area contributed by atoms with Crippen LogP contribution in [-0.2, 0) is 15.1 Å². The summed E-state index contributed by atoms with van der Waals surface area (Å²) >= 11 is 0. The maximum absolute atomic E-state index is 13.1. The molecule has 0 heterocycles. The quantitative estimate of drug-likeness (QED) is 0.594. The second-order valence-corrected chi connectivity index (χ2v) is 6.76. The summed E-state index contributed by atoms with van der Waals surface area (Å²) in [5.41, 5.74) is 4.84. The minimum absolute atomic E-state index is 0.164. The lowest BCUT2D eigenvalue weighted by atomic mass is 9.69. The van der Waals surface area contributed by atoms with Gasteiger partial charge >= 0.3 is 5.97 Å². The van der Waals surface area contributed by atoms with E-state index in [4.69, 9.17) is 10.5 Å². The van der Waals surface area contributed by atoms with Gasteiger partial charge in [0.2, 0.25) is 5.60 Å². The molecular weight excluding hydrogens is 326 g/mol. The van der Waals surface area contributed by atoms with Crippen molar-refractivity contribution in [2.45, 2.75) is 24.5 Å². The predicted molar refractivity (Wildman–Crippen MR) is 101 cm³/mol. The highest BCUT2D eigenvalue weighted by molar-refractivity contribution is 5.85. The largest absolute Gasteiger partial charge is 0.459 e. The SMILES string of the molecule is C=CC1C[C@H](OC(=O)C(O)(c2ccccc2)c2ccccc2)C1CCN. The fourth-order valence-corrected chi connectivity index (χ4v) is 3.68. The van der Waals surface area contributed by atoms with Crippen molar-refractivity contribution in [3.8, 4) is 0 Å². The number of aliphatic hydroxyl groups is 1. The van der Waals surface area contributed by atoms with Gasteiger partial charge in [0.05, 0.1) is 0 Å². The maximum Gasteiger partial charge on any atom is 0.347 e. The average Bonchev–Trinajstić information content (AvgIpc) is 2.69. The summed E-state index contributed by atoms with van der Waals surface area (Å²) in [5.74, 6) is -0.181. The van der Waals surface area contributed by atoms with E-state index in [0.29, 0.717) is 23.6 Å². The molecular formula is C22H25NO3. The highest BCUT2D eigenvalue weighted by atomic mass is 16.6. The monoisotopic (exact) mass is 351 g/mol. The lowest BCUT2D eigenvalue weighted by Gasteiger charge is -2.43. The summed E-state index contributed by atoms with van der Waals surface area (Å²) < 4.78 is 5.77. The molecule has 1 aliphatic carbocycles. The van der Waals surface area contributed by atoms with Crippen molar-refractivity contribution in [2.24, 2.45) is 17.6 Å². The van der Waals surface area contributed by atoms with Gasteiger partial charge in [-0.3, -0.25) is 0 Å². The molecule has 1 aliphatic rings. The lowest BCUT2D eigenvalue weighted by Crippen LogP contribution is -2.48. The van der Waals surface area contributed by atoms with Gasteiger partial charge < -0.3 is 15.6 Å². The van der Waals surface area contributed by atoms with Crippen LogP contribution in [0.25, 0.3) is 0 Å². The molecule has 3 atom stereocenters. The van der Waals surface area contributed by atoms with Gasteiger partial charge in [-0.2, -0.15) is 0 Å². The molecule has 136 valence electrons. The van der Waals surface area contributed by atoms with Crippen LogP contribution in [0.4, 0.5) is 0 Å². The van der Waals surface area contributed by atoms with E-state index in [0.717, 1.165) is 12.8 Å². The summed E-state index contributed by atoms with van der Waals surface area (Å²) in [7, 11) is 0. The average molecular weight is 351 g/mol. The topological polar surface area (TPSA) is 72.5 Å². The first-order chi connectivity index (χ1) is 12.6. The zero-order valence-corrected chi connectivity index (χ0v) is 14.8. The predicted octanol–water partition coefficient (Wildman–Crippen LogP) is 3.01. The second kappa shape index (κ2) is 7.85. The van der Waals surface area contributed by atoms with Crippen molar-refractivity contribution in [3.05, 3.63) is 84.4 Å². The normalized spacial score (nSPS) is 22.3. The minimum atomic E-state index is -1.84. The van der Waals surface area contributed by atoms with Crippen LogP contribution in [0.5, 0.6) is 0 Å². The van der Waals surface area contributed by atoms with Gasteiger partial charge in [0.1, 0.15) is 6.10 Å². The smallest absolute Gasteiger partial charge is 0.347 e. The molecule has 3 rings (SSSR count). The van der Waals surface area contributed by atoms with E-state index in [9.17, 15) is 9.90 Å². The van der Waals surface area contributed by atoms with E-state index in [1.165, 1.54) is 0 Å². The van der Waals surface area contributed by atoms with E-state index in [2.05, 4.69) is 6.58 Å². The second-order valence-electron chi connectivity index (χ2n) is 6.76. The number of hydrogen-bond acceptors (Lipinski definition) is 4. The molecule has 3 N–H and O–H groups in total. The number of carbonyl (C=O) groups excluding carboxylic acids is 1. The molecule has 0 aromatic heterocycles. The van der Waals surface area contributed by atoms with Crippen LogP contribution < -0.4 is 5.73 Å². The number of esters is 1. The highest BCUT2D eigenvalue weighted by Crippen LogP contribution is 2.41. The molecule has 0 aliphatic heterocycles. The minimum Gasteiger partial charge on any atom is -0.459 e. The standard InChI is InChI=1S/C22H25NO3/c1-2-16-15-20(19(16)13-14-23)26-21(24)22(25,17-9-5-3-6-10-17)18-11-7-4-8-12-18/h2-12,16,19-20,25H,1,13-15,23H2/t16?,19?,20-/m0/s1. The van der Waals surface area contributed by atoms with Crippen molar-refractivity contribution >= 4 is 5.97 Å². The van der Waals surface area contributed by atoms with E-state index >= 15 is 0 Å². The Morgan fingerprint density at radius 1 is 1.15 bits per heavy atom. The molecule has 0 spiro atoms. The molecule has 0 radical (unpaired) electrons. The van der Waals surface area contributed by atoms with E-state index in [1.807, 2.05) is 18.2 Å². The van der Waals surface area contributed by atoms with E-state index in [1.54, 1.807) is 48.5 Å². The molecule has 26 heavy (non-hydrogen) atoms. The Hall–Kier alpha value is -2.43. The first-order valence-electron chi connectivity index (χ1n) is 8.98. The Balaban J connectivity index is 1.88. The summed E-state index contributed by atoms with van der Waals surface area (Å²) in [4.78, 5) is 13.1. The number of ether oxygens (including phenoxy) is 1. The first kappa shape index (κ1) is 18.4. The third-order valence-electron chi connectivity index (χ3n) is 5.27. The van der Waals surface area contributed by atoms with Crippen LogP contribution in [-0.4, -0.2) is 23.7 Å². The molecule has 2 aromatic rings. The van der Waals surface area contributed by atoms with Gasteiger partial charge in [-0.15, -0.1) is 6.58 Å². The van der Waals surface area contributed by atoms with Crippen LogP contribution in [0.2, 0.25) is 0 Å². The van der Waals surface area contributed by atoms with Gasteiger partial charge in [0.15, 0.2) is 0 Å². The Morgan fingerprint density at radius 2 is 1.69 bits per heavy atom. The molecule has 1 saturated carbocycles. The zero-order chi connectivity index (χ0) is 18.6. The van der Waals surface area contributed by atoms with Crippen LogP contribution in [0, 0.1) is 11.8 Å². The van der Waals surface area contributed by atoms with Crippen molar-refractivity contribution in [3.63, 3.8) is 0 Å². The summed E-state index contributed by atoms with van der Waals surface area (Å²) in [6.07, 6.45) is 3.14. The van der Waals surface area contributed by atoms with Gasteiger partial charge in [0.25, 0.3) is 0 Å². The van der Waals surface area contributed by atoms with Crippen molar-refractivity contribution < 1.29 is 14.6 Å². The summed E-state index contributed by atoms with van der Waals surface area (Å²) in [6, 6.07) is 17.8. The zero-order valence-electron chi connectivity index (χ0n) is 14.8. The van der Waals surface area contributed by atoms with Crippen LogP contribution in [0.3, 0.4) is 0 Å². The number of hydrogen-bond donors (Lipinski definition) is 2. The number of allylic oxidation sites excluding steroid dienone is 1. The van der Waals surface area contributed by atoms with Crippen LogP contribution >= 0.6 is 0 Å². The molecule has 4 heteroatoms. The number of carbonyl (C=O) groups is 1. The third kappa shape index (κ3) is 3.30. The fraction of sp³-hybridized carbons (Fsp3) is 0.318. The van der Waals surface area contributed by atoms with Crippen LogP contribution in [0.1, 0.15) is 24.0 Å². The van der Waals surface area contributed by atoms with Gasteiger partial charge in [-0.1, -0.05) is 66.7 Å². The first-order valence-corrected chi connectivity index (χ1v) is 8.98. The van der Waals surface area contributed by atoms with E-state index in [-0.39, 0.29) is 12.0 Å². The number of benzene rings is 2. The Kier molecular flexibility index (Phi) is 5.55. The number of nitrogens with two attached hydrogens (primary N) is 1. The Morgan fingerprint density at radius 3 is 2.15 bits per heavy atom. The maximum atomic E-state index is 13.1. The summed E-state index contributed by atoms with van der Waals surface area (Å²) in [6.45, 7) is 4.37. The Labute approximate surface area is 154 Å². The Bertz CT molecular complexity index is 705. The molecule has 2 unspecified atom stereocenters. The fourth-order valence-electron chi connectivity index (χ4n) is 3.68.